The van der Waals surface area contributed by atoms with Crippen molar-refractivity contribution in [3.05, 3.63) is 60.4 Å². The van der Waals surface area contributed by atoms with Gasteiger partial charge in [0.15, 0.2) is 5.65 Å². The van der Waals surface area contributed by atoms with Gasteiger partial charge in [-0.05, 0) is 58.0 Å². The van der Waals surface area contributed by atoms with E-state index in [4.69, 9.17) is 4.74 Å². The number of rotatable bonds is 4. The summed E-state index contributed by atoms with van der Waals surface area (Å²) in [5, 5.41) is 3.40. The van der Waals surface area contributed by atoms with Gasteiger partial charge in [0.2, 0.25) is 0 Å². The van der Waals surface area contributed by atoms with Crippen molar-refractivity contribution >= 4 is 27.1 Å². The molecule has 3 aromatic rings. The molecule has 2 aromatic heterocycles. The van der Waals surface area contributed by atoms with Gasteiger partial charge < -0.3 is 10.1 Å². The molecule has 0 fully saturated rings. The van der Waals surface area contributed by atoms with Crippen molar-refractivity contribution in [1.29, 1.82) is 0 Å². The lowest BCUT2D eigenvalue weighted by Crippen LogP contribution is -2.34. The van der Waals surface area contributed by atoms with Gasteiger partial charge in [-0.3, -0.25) is 0 Å². The number of nitrogens with one attached hydrogen (secondary N) is 1. The normalized spacial score (nSPS) is 13.3. The van der Waals surface area contributed by atoms with Gasteiger partial charge in [0.05, 0.1) is 16.6 Å². The monoisotopic (exact) mass is 401 g/mol. The molecule has 0 aliphatic carbocycles. The second kappa shape index (κ2) is 7.27. The molecule has 1 unspecified atom stereocenters. The highest BCUT2D eigenvalue weighted by Crippen LogP contribution is 2.23. The Morgan fingerprint density at radius 1 is 1.11 bits per heavy atom. The van der Waals surface area contributed by atoms with E-state index in [-0.39, 0.29) is 4.90 Å². The van der Waals surface area contributed by atoms with Crippen LogP contribution in [0.2, 0.25) is 0 Å². The summed E-state index contributed by atoms with van der Waals surface area (Å²) in [5.74, 6) is 0. The molecule has 2 heterocycles. The maximum Gasteiger partial charge on any atom is 0.408 e. The van der Waals surface area contributed by atoms with Crippen molar-refractivity contribution in [2.45, 2.75) is 44.2 Å². The molecular weight excluding hydrogens is 378 g/mol. The molecule has 28 heavy (non-hydrogen) atoms. The third-order valence-corrected chi connectivity index (χ3v) is 5.68. The lowest BCUT2D eigenvalue weighted by molar-refractivity contribution is 0.0507. The second-order valence-electron chi connectivity index (χ2n) is 7.45. The zero-order valence-corrected chi connectivity index (χ0v) is 17.0. The molecule has 1 atom stereocenters. The van der Waals surface area contributed by atoms with E-state index < -0.39 is 27.8 Å². The first-order valence-corrected chi connectivity index (χ1v) is 10.3. The van der Waals surface area contributed by atoms with Gasteiger partial charge in [-0.15, -0.1) is 0 Å². The maximum absolute atomic E-state index is 13.0. The Morgan fingerprint density at radius 3 is 2.43 bits per heavy atom. The standard InChI is InChI=1S/C20H23N3O4S/c1-14(21-19(24)27-20(2,3)4)17-11-10-15-12-13-23(18(15)22-17)28(25,26)16-8-6-5-7-9-16/h5-14H,1-4H3,(H,21,24). The lowest BCUT2D eigenvalue weighted by Gasteiger charge is -2.21. The SMILES string of the molecule is CC(NC(=O)OC(C)(C)C)c1ccc2ccn(S(=O)(=O)c3ccccc3)c2n1. The molecule has 3 rings (SSSR count). The molecule has 148 valence electrons. The van der Waals surface area contributed by atoms with Gasteiger partial charge in [-0.2, -0.15) is 0 Å². The molecule has 7 nitrogen and oxygen atoms in total. The Kier molecular flexibility index (Phi) is 5.16. The highest BCUT2D eigenvalue weighted by Gasteiger charge is 2.22. The maximum atomic E-state index is 13.0. The quantitative estimate of drug-likeness (QED) is 0.717. The van der Waals surface area contributed by atoms with Crippen LogP contribution in [0.5, 0.6) is 0 Å². The predicted molar refractivity (Wildman–Crippen MR) is 107 cm³/mol. The summed E-state index contributed by atoms with van der Waals surface area (Å²) in [5.41, 5.74) is 0.223. The number of hydrogen-bond acceptors (Lipinski definition) is 5. The molecular formula is C20H23N3O4S. The van der Waals surface area contributed by atoms with Crippen LogP contribution in [0.15, 0.2) is 59.6 Å². The van der Waals surface area contributed by atoms with Crippen LogP contribution in [0.3, 0.4) is 0 Å². The molecule has 0 radical (unpaired) electrons. The number of benzene rings is 1. The van der Waals surface area contributed by atoms with Crippen molar-refractivity contribution in [3.63, 3.8) is 0 Å². The van der Waals surface area contributed by atoms with Crippen LogP contribution < -0.4 is 5.32 Å². The van der Waals surface area contributed by atoms with E-state index in [0.29, 0.717) is 16.7 Å². The van der Waals surface area contributed by atoms with E-state index >= 15 is 0 Å². The summed E-state index contributed by atoms with van der Waals surface area (Å²) in [4.78, 5) is 16.7. The van der Waals surface area contributed by atoms with Crippen LogP contribution >= 0.6 is 0 Å². The molecule has 0 aliphatic rings. The smallest absolute Gasteiger partial charge is 0.408 e. The summed E-state index contributed by atoms with van der Waals surface area (Å²) < 4.78 is 32.3. The Hall–Kier alpha value is -2.87. The summed E-state index contributed by atoms with van der Waals surface area (Å²) in [7, 11) is -3.77. The summed E-state index contributed by atoms with van der Waals surface area (Å²) >= 11 is 0. The zero-order valence-electron chi connectivity index (χ0n) is 16.2. The Balaban J connectivity index is 1.94. The van der Waals surface area contributed by atoms with Crippen LogP contribution in [-0.4, -0.2) is 29.1 Å². The van der Waals surface area contributed by atoms with Gasteiger partial charge in [-0.1, -0.05) is 18.2 Å². The first kappa shape index (κ1) is 19.9. The summed E-state index contributed by atoms with van der Waals surface area (Å²) in [6, 6.07) is 12.9. The molecule has 0 saturated carbocycles. The highest BCUT2D eigenvalue weighted by molar-refractivity contribution is 7.90. The minimum absolute atomic E-state index is 0.180. The molecule has 0 bridgehead atoms. The third-order valence-electron chi connectivity index (χ3n) is 4.00. The van der Waals surface area contributed by atoms with Gasteiger partial charge in [0.25, 0.3) is 10.0 Å². The van der Waals surface area contributed by atoms with Crippen molar-refractivity contribution in [3.8, 4) is 0 Å². The van der Waals surface area contributed by atoms with Gasteiger partial charge in [0.1, 0.15) is 5.60 Å². The average molecular weight is 401 g/mol. The van der Waals surface area contributed by atoms with Gasteiger partial charge >= 0.3 is 6.09 Å². The van der Waals surface area contributed by atoms with Crippen molar-refractivity contribution in [2.24, 2.45) is 0 Å². The van der Waals surface area contributed by atoms with Crippen LogP contribution in [0.25, 0.3) is 11.0 Å². The molecule has 1 amide bonds. The molecule has 8 heteroatoms. The molecule has 0 spiro atoms. The molecule has 0 saturated heterocycles. The first-order chi connectivity index (χ1) is 13.1. The topological polar surface area (TPSA) is 90.3 Å². The van der Waals surface area contributed by atoms with E-state index in [0.717, 1.165) is 3.97 Å². The number of fused-ring (bicyclic) bond motifs is 1. The fourth-order valence-corrected chi connectivity index (χ4v) is 4.02. The second-order valence-corrected chi connectivity index (χ2v) is 9.26. The number of nitrogens with zero attached hydrogens (tertiary/aromatic N) is 2. The van der Waals surface area contributed by atoms with Crippen molar-refractivity contribution in [2.75, 3.05) is 0 Å². The van der Waals surface area contributed by atoms with Crippen LogP contribution in [0.1, 0.15) is 39.4 Å². The Labute approximate surface area is 164 Å². The number of alkyl carbamates (subject to hydrolysis) is 1. The number of pyridine rings is 1. The molecule has 1 N–H and O–H groups in total. The van der Waals surface area contributed by atoms with Gasteiger partial charge in [0, 0.05) is 11.6 Å². The third kappa shape index (κ3) is 4.17. The highest BCUT2D eigenvalue weighted by atomic mass is 32.2. The number of amides is 1. The van der Waals surface area contributed by atoms with Crippen LogP contribution in [0.4, 0.5) is 4.79 Å². The van der Waals surface area contributed by atoms with E-state index in [2.05, 4.69) is 10.3 Å². The first-order valence-electron chi connectivity index (χ1n) is 8.86. The predicted octanol–water partition coefficient (Wildman–Crippen LogP) is 3.86. The number of carbonyl (C=O) groups excluding carboxylic acids is 1. The number of hydrogen-bond donors (Lipinski definition) is 1. The Bertz CT molecular complexity index is 1100. The Morgan fingerprint density at radius 2 is 1.79 bits per heavy atom. The molecule has 1 aromatic carbocycles. The zero-order chi connectivity index (χ0) is 20.5. The average Bonchev–Trinajstić information content (AvgIpc) is 3.04. The number of aromatic nitrogens is 2. The van der Waals surface area contributed by atoms with Crippen molar-refractivity contribution in [1.82, 2.24) is 14.3 Å². The van der Waals surface area contributed by atoms with Crippen LogP contribution in [0, 0.1) is 0 Å². The fraction of sp³-hybridized carbons (Fsp3) is 0.300. The van der Waals surface area contributed by atoms with E-state index in [1.165, 1.54) is 18.3 Å². The minimum atomic E-state index is -3.77. The number of carbonyl (C=O) groups is 1. The van der Waals surface area contributed by atoms with Crippen LogP contribution in [-0.2, 0) is 14.8 Å². The summed E-state index contributed by atoms with van der Waals surface area (Å²) in [6.07, 6.45) is 0.921. The summed E-state index contributed by atoms with van der Waals surface area (Å²) in [6.45, 7) is 7.10. The largest absolute Gasteiger partial charge is 0.444 e. The fourth-order valence-electron chi connectivity index (χ4n) is 2.70. The molecule has 0 aliphatic heterocycles. The van der Waals surface area contributed by atoms with Gasteiger partial charge in [-0.25, -0.2) is 22.2 Å². The van der Waals surface area contributed by atoms with E-state index in [9.17, 15) is 13.2 Å². The minimum Gasteiger partial charge on any atom is -0.444 e. The van der Waals surface area contributed by atoms with E-state index in [1.807, 2.05) is 0 Å². The van der Waals surface area contributed by atoms with E-state index in [1.54, 1.807) is 64.1 Å². The van der Waals surface area contributed by atoms with Crippen molar-refractivity contribution < 1.29 is 17.9 Å². The number of ether oxygens (including phenoxy) is 1. The lowest BCUT2D eigenvalue weighted by atomic mass is 10.2.